The molecule has 1 aromatic rings. The molecule has 1 amide bonds. The van der Waals surface area contributed by atoms with Crippen LogP contribution in [0.3, 0.4) is 0 Å². The second kappa shape index (κ2) is 6.40. The largest absolute Gasteiger partial charge is 0.327 e. The van der Waals surface area contributed by atoms with Crippen molar-refractivity contribution in [1.82, 2.24) is 0 Å². The van der Waals surface area contributed by atoms with E-state index in [1.54, 1.807) is 0 Å². The Morgan fingerprint density at radius 1 is 1.42 bits per heavy atom. The molecule has 0 atom stereocenters. The lowest BCUT2D eigenvalue weighted by molar-refractivity contribution is -0.897. The molecule has 1 aliphatic heterocycles. The van der Waals surface area contributed by atoms with Crippen molar-refractivity contribution in [3.8, 4) is 0 Å². The van der Waals surface area contributed by atoms with E-state index in [2.05, 4.69) is 12.2 Å². The van der Waals surface area contributed by atoms with E-state index >= 15 is 0 Å². The first-order valence-electron chi connectivity index (χ1n) is 6.94. The zero-order valence-corrected chi connectivity index (χ0v) is 12.4. The number of amides is 1. The molecule has 1 saturated heterocycles. The zero-order chi connectivity index (χ0) is 13.8. The van der Waals surface area contributed by atoms with Gasteiger partial charge in [-0.3, -0.25) is 4.79 Å². The number of anilines is 1. The third kappa shape index (κ3) is 4.22. The van der Waals surface area contributed by atoms with Gasteiger partial charge in [0.05, 0.1) is 13.1 Å². The summed E-state index contributed by atoms with van der Waals surface area (Å²) in [6.45, 7) is 7.01. The number of nitrogens with one attached hydrogen (secondary N) is 2. The summed E-state index contributed by atoms with van der Waals surface area (Å²) in [6.07, 6.45) is 2.44. The highest BCUT2D eigenvalue weighted by Crippen LogP contribution is 2.19. The lowest BCUT2D eigenvalue weighted by Gasteiger charge is -2.26. The topological polar surface area (TPSA) is 33.5 Å². The molecule has 0 unspecified atom stereocenters. The number of carbonyl (C=O) groups is 1. The highest BCUT2D eigenvalue weighted by molar-refractivity contribution is 6.31. The first-order valence-corrected chi connectivity index (χ1v) is 7.32. The summed E-state index contributed by atoms with van der Waals surface area (Å²) in [4.78, 5) is 13.4. The number of aryl methyl sites for hydroxylation is 1. The molecule has 4 heteroatoms. The average molecular weight is 282 g/mol. The van der Waals surface area contributed by atoms with Crippen LogP contribution in [0.15, 0.2) is 18.2 Å². The molecule has 104 valence electrons. The van der Waals surface area contributed by atoms with Crippen LogP contribution in [0.4, 0.5) is 5.69 Å². The molecule has 0 spiro atoms. The van der Waals surface area contributed by atoms with Crippen molar-refractivity contribution in [2.45, 2.75) is 26.7 Å². The minimum Gasteiger partial charge on any atom is -0.327 e. The van der Waals surface area contributed by atoms with Crippen molar-refractivity contribution in [3.05, 3.63) is 28.8 Å². The lowest BCUT2D eigenvalue weighted by atomic mass is 9.99. The van der Waals surface area contributed by atoms with Crippen LogP contribution in [0.5, 0.6) is 0 Å². The summed E-state index contributed by atoms with van der Waals surface area (Å²) in [5, 5.41) is 3.62. The quantitative estimate of drug-likeness (QED) is 0.872. The van der Waals surface area contributed by atoms with Crippen molar-refractivity contribution < 1.29 is 9.69 Å². The van der Waals surface area contributed by atoms with Crippen LogP contribution in [0, 0.1) is 12.8 Å². The Morgan fingerprint density at radius 2 is 2.11 bits per heavy atom. The number of hydrogen-bond donors (Lipinski definition) is 2. The van der Waals surface area contributed by atoms with Gasteiger partial charge in [-0.1, -0.05) is 24.6 Å². The SMILES string of the molecule is Cc1ccc(Cl)cc1NC(=O)C[NH+]1CCC(C)CC1. The summed E-state index contributed by atoms with van der Waals surface area (Å²) in [5.41, 5.74) is 1.86. The van der Waals surface area contributed by atoms with Crippen molar-refractivity contribution in [3.63, 3.8) is 0 Å². The Hall–Kier alpha value is -1.06. The zero-order valence-electron chi connectivity index (χ0n) is 11.6. The van der Waals surface area contributed by atoms with E-state index in [0.29, 0.717) is 11.6 Å². The number of halogens is 1. The molecule has 3 nitrogen and oxygen atoms in total. The average Bonchev–Trinajstić information content (AvgIpc) is 2.37. The molecule has 0 aliphatic carbocycles. The third-order valence-electron chi connectivity index (χ3n) is 3.87. The molecule has 1 heterocycles. The summed E-state index contributed by atoms with van der Waals surface area (Å²) in [5.74, 6) is 0.886. The highest BCUT2D eigenvalue weighted by atomic mass is 35.5. The number of quaternary nitrogens is 1. The van der Waals surface area contributed by atoms with Gasteiger partial charge in [-0.05, 0) is 43.4 Å². The maximum atomic E-state index is 12.1. The summed E-state index contributed by atoms with van der Waals surface area (Å²) < 4.78 is 0. The maximum absolute atomic E-state index is 12.1. The molecule has 19 heavy (non-hydrogen) atoms. The van der Waals surface area contributed by atoms with Crippen molar-refractivity contribution in [2.75, 3.05) is 25.0 Å². The minimum atomic E-state index is 0.0786. The van der Waals surface area contributed by atoms with Gasteiger partial charge in [-0.2, -0.15) is 0 Å². The van der Waals surface area contributed by atoms with Crippen LogP contribution in [0.1, 0.15) is 25.3 Å². The Morgan fingerprint density at radius 3 is 2.79 bits per heavy atom. The summed E-state index contributed by atoms with van der Waals surface area (Å²) >= 11 is 5.95. The van der Waals surface area contributed by atoms with Gasteiger partial charge in [0.25, 0.3) is 5.91 Å². The highest BCUT2D eigenvalue weighted by Gasteiger charge is 2.21. The molecular weight excluding hydrogens is 260 g/mol. The maximum Gasteiger partial charge on any atom is 0.279 e. The van der Waals surface area contributed by atoms with Gasteiger partial charge >= 0.3 is 0 Å². The van der Waals surface area contributed by atoms with Gasteiger partial charge in [-0.15, -0.1) is 0 Å². The monoisotopic (exact) mass is 281 g/mol. The Labute approximate surface area is 119 Å². The Kier molecular flexibility index (Phi) is 4.83. The Bertz CT molecular complexity index is 453. The molecule has 0 radical (unpaired) electrons. The van der Waals surface area contributed by atoms with Gasteiger partial charge in [0.15, 0.2) is 6.54 Å². The van der Waals surface area contributed by atoms with E-state index in [-0.39, 0.29) is 5.91 Å². The second-order valence-electron chi connectivity index (χ2n) is 5.62. The van der Waals surface area contributed by atoms with E-state index < -0.39 is 0 Å². The number of piperidine rings is 1. The third-order valence-corrected chi connectivity index (χ3v) is 4.10. The van der Waals surface area contributed by atoms with Crippen molar-refractivity contribution in [1.29, 1.82) is 0 Å². The first kappa shape index (κ1) is 14.4. The van der Waals surface area contributed by atoms with Crippen LogP contribution >= 0.6 is 11.6 Å². The fraction of sp³-hybridized carbons (Fsp3) is 0.533. The number of hydrogen-bond acceptors (Lipinski definition) is 1. The molecule has 2 rings (SSSR count). The van der Waals surface area contributed by atoms with E-state index in [9.17, 15) is 4.79 Å². The number of benzene rings is 1. The smallest absolute Gasteiger partial charge is 0.279 e. The van der Waals surface area contributed by atoms with Gasteiger partial charge in [0.2, 0.25) is 0 Å². The van der Waals surface area contributed by atoms with Gasteiger partial charge in [0.1, 0.15) is 0 Å². The second-order valence-corrected chi connectivity index (χ2v) is 6.05. The molecular formula is C15H22ClN2O+. The Balaban J connectivity index is 1.89. The minimum absolute atomic E-state index is 0.0786. The predicted octanol–water partition coefficient (Wildman–Crippen LogP) is 1.90. The number of rotatable bonds is 3. The fourth-order valence-electron chi connectivity index (χ4n) is 2.50. The number of carbonyl (C=O) groups excluding carboxylic acids is 1. The van der Waals surface area contributed by atoms with Crippen LogP contribution < -0.4 is 10.2 Å². The van der Waals surface area contributed by atoms with Gasteiger partial charge < -0.3 is 10.2 Å². The molecule has 1 fully saturated rings. The van der Waals surface area contributed by atoms with Crippen LogP contribution in [-0.2, 0) is 4.79 Å². The molecule has 0 aromatic heterocycles. The van der Waals surface area contributed by atoms with E-state index in [1.165, 1.54) is 17.7 Å². The lowest BCUT2D eigenvalue weighted by Crippen LogP contribution is -3.14. The van der Waals surface area contributed by atoms with Crippen molar-refractivity contribution >= 4 is 23.2 Å². The molecule has 0 saturated carbocycles. The predicted molar refractivity (Wildman–Crippen MR) is 78.8 cm³/mol. The van der Waals surface area contributed by atoms with Gasteiger partial charge in [-0.25, -0.2) is 0 Å². The standard InChI is InChI=1S/C15H21ClN2O/c1-11-5-7-18(8-6-11)10-15(19)17-14-9-13(16)4-3-12(14)2/h3-4,9,11H,5-8,10H2,1-2H3,(H,17,19)/p+1. The van der Waals surface area contributed by atoms with Crippen LogP contribution in [0.25, 0.3) is 0 Å². The molecule has 2 N–H and O–H groups in total. The normalized spacial score (nSPS) is 23.1. The van der Waals surface area contributed by atoms with E-state index in [0.717, 1.165) is 30.3 Å². The molecule has 1 aromatic carbocycles. The fourth-order valence-corrected chi connectivity index (χ4v) is 2.67. The van der Waals surface area contributed by atoms with E-state index in [1.807, 2.05) is 25.1 Å². The number of likely N-dealkylation sites (tertiary alicyclic amines) is 1. The molecule has 0 bridgehead atoms. The van der Waals surface area contributed by atoms with Crippen LogP contribution in [0.2, 0.25) is 5.02 Å². The van der Waals surface area contributed by atoms with Crippen molar-refractivity contribution in [2.24, 2.45) is 5.92 Å². The van der Waals surface area contributed by atoms with Crippen LogP contribution in [-0.4, -0.2) is 25.5 Å². The first-order chi connectivity index (χ1) is 9.04. The van der Waals surface area contributed by atoms with Gasteiger partial charge in [0, 0.05) is 10.7 Å². The summed E-state index contributed by atoms with van der Waals surface area (Å²) in [6, 6.07) is 5.57. The molecule has 1 aliphatic rings. The van der Waals surface area contributed by atoms with E-state index in [4.69, 9.17) is 11.6 Å². The summed E-state index contributed by atoms with van der Waals surface area (Å²) in [7, 11) is 0.